The maximum atomic E-state index is 13.3. The molecule has 1 aliphatic heterocycles. The van der Waals surface area contributed by atoms with Crippen LogP contribution in [0, 0.1) is 5.82 Å². The number of nitrogens with one attached hydrogen (secondary N) is 2. The predicted octanol–water partition coefficient (Wildman–Crippen LogP) is 2.52. The molecule has 2 aromatic carbocycles. The molecule has 34 heavy (non-hydrogen) atoms. The van der Waals surface area contributed by atoms with Crippen molar-refractivity contribution in [3.05, 3.63) is 48.3 Å². The zero-order chi connectivity index (χ0) is 24.7. The quantitative estimate of drug-likeness (QED) is 0.528. The monoisotopic (exact) mass is 492 g/mol. The van der Waals surface area contributed by atoms with Crippen molar-refractivity contribution in [1.29, 1.82) is 0 Å². The molecule has 1 fully saturated rings. The number of hydrogen-bond acceptors (Lipinski definition) is 6. The van der Waals surface area contributed by atoms with E-state index in [1.807, 2.05) is 0 Å². The topological polar surface area (TPSA) is 108 Å². The Morgan fingerprint density at radius 3 is 2.24 bits per heavy atom. The SMILES string of the molecule is CCOc1ccc(NC(=O)CN(C)CC(=O)Nc2cccc(F)c2)cc1S(=O)(=O)N1CCCC1. The number of ether oxygens (including phenoxy) is 1. The first-order valence-electron chi connectivity index (χ1n) is 11.0. The van der Waals surface area contributed by atoms with E-state index in [4.69, 9.17) is 4.74 Å². The predicted molar refractivity (Wildman–Crippen MR) is 127 cm³/mol. The number of halogens is 1. The number of nitrogens with zero attached hydrogens (tertiary/aromatic N) is 2. The van der Waals surface area contributed by atoms with E-state index in [0.29, 0.717) is 31.1 Å². The highest BCUT2D eigenvalue weighted by Gasteiger charge is 2.30. The molecule has 184 valence electrons. The molecule has 2 N–H and O–H groups in total. The van der Waals surface area contributed by atoms with Crippen molar-refractivity contribution < 1.29 is 27.1 Å². The second-order valence-corrected chi connectivity index (χ2v) is 9.89. The molecule has 1 saturated heterocycles. The Balaban J connectivity index is 1.63. The van der Waals surface area contributed by atoms with Crippen LogP contribution in [0.2, 0.25) is 0 Å². The molecule has 1 heterocycles. The smallest absolute Gasteiger partial charge is 0.246 e. The average Bonchev–Trinajstić information content (AvgIpc) is 3.30. The molecule has 9 nitrogen and oxygen atoms in total. The molecule has 0 aliphatic carbocycles. The van der Waals surface area contributed by atoms with Gasteiger partial charge in [0.1, 0.15) is 16.5 Å². The van der Waals surface area contributed by atoms with E-state index < -0.39 is 27.7 Å². The molecule has 0 saturated carbocycles. The van der Waals surface area contributed by atoms with Gasteiger partial charge in [0, 0.05) is 24.5 Å². The Morgan fingerprint density at radius 1 is 1.03 bits per heavy atom. The highest BCUT2D eigenvalue weighted by Crippen LogP contribution is 2.31. The molecular formula is C23H29FN4O5S. The minimum atomic E-state index is -3.75. The number of amides is 2. The number of anilines is 2. The van der Waals surface area contributed by atoms with Crippen molar-refractivity contribution in [2.24, 2.45) is 0 Å². The van der Waals surface area contributed by atoms with Gasteiger partial charge in [-0.3, -0.25) is 14.5 Å². The third kappa shape index (κ3) is 6.75. The summed E-state index contributed by atoms with van der Waals surface area (Å²) in [6.07, 6.45) is 1.61. The van der Waals surface area contributed by atoms with E-state index in [-0.39, 0.29) is 23.7 Å². The summed E-state index contributed by atoms with van der Waals surface area (Å²) in [5.41, 5.74) is 0.632. The summed E-state index contributed by atoms with van der Waals surface area (Å²) >= 11 is 0. The van der Waals surface area contributed by atoms with E-state index in [1.54, 1.807) is 26.1 Å². The van der Waals surface area contributed by atoms with E-state index in [2.05, 4.69) is 10.6 Å². The summed E-state index contributed by atoms with van der Waals surface area (Å²) in [7, 11) is -2.17. The van der Waals surface area contributed by atoms with Gasteiger partial charge in [0.05, 0.1) is 19.7 Å². The molecule has 0 radical (unpaired) electrons. The van der Waals surface area contributed by atoms with Crippen molar-refractivity contribution in [3.8, 4) is 5.75 Å². The highest BCUT2D eigenvalue weighted by molar-refractivity contribution is 7.89. The van der Waals surface area contributed by atoms with Crippen LogP contribution < -0.4 is 15.4 Å². The lowest BCUT2D eigenvalue weighted by Gasteiger charge is -2.19. The Labute approximate surface area is 198 Å². The molecule has 0 unspecified atom stereocenters. The van der Waals surface area contributed by atoms with Crippen LogP contribution in [-0.4, -0.2) is 69.3 Å². The fraction of sp³-hybridized carbons (Fsp3) is 0.391. The summed E-state index contributed by atoms with van der Waals surface area (Å²) in [5, 5.41) is 5.24. The Morgan fingerprint density at radius 2 is 1.65 bits per heavy atom. The van der Waals surface area contributed by atoms with Gasteiger partial charge in [-0.15, -0.1) is 0 Å². The first kappa shape index (κ1) is 25.6. The summed E-state index contributed by atoms with van der Waals surface area (Å²) < 4.78 is 46.4. The fourth-order valence-electron chi connectivity index (χ4n) is 3.64. The molecule has 2 aromatic rings. The Kier molecular flexibility index (Phi) is 8.59. The van der Waals surface area contributed by atoms with Gasteiger partial charge in [0.15, 0.2) is 0 Å². The lowest BCUT2D eigenvalue weighted by molar-refractivity contribution is -0.119. The van der Waals surface area contributed by atoms with Gasteiger partial charge in [-0.25, -0.2) is 12.8 Å². The van der Waals surface area contributed by atoms with Gasteiger partial charge in [-0.2, -0.15) is 4.31 Å². The molecule has 3 rings (SSSR count). The number of rotatable bonds is 10. The van der Waals surface area contributed by atoms with E-state index in [0.717, 1.165) is 12.8 Å². The van der Waals surface area contributed by atoms with Crippen LogP contribution in [0.5, 0.6) is 5.75 Å². The molecule has 11 heteroatoms. The Bertz CT molecular complexity index is 1140. The first-order valence-corrected chi connectivity index (χ1v) is 12.4. The van der Waals surface area contributed by atoms with Crippen LogP contribution in [-0.2, 0) is 19.6 Å². The third-order valence-corrected chi connectivity index (χ3v) is 7.07. The molecule has 0 bridgehead atoms. The van der Waals surface area contributed by atoms with Gasteiger partial charge < -0.3 is 15.4 Å². The second kappa shape index (κ2) is 11.4. The van der Waals surface area contributed by atoms with Gasteiger partial charge in [0.2, 0.25) is 21.8 Å². The number of hydrogen-bond donors (Lipinski definition) is 2. The zero-order valence-corrected chi connectivity index (χ0v) is 20.0. The molecule has 1 aliphatic rings. The van der Waals surface area contributed by atoms with E-state index in [9.17, 15) is 22.4 Å². The number of carbonyl (C=O) groups is 2. The highest BCUT2D eigenvalue weighted by atomic mass is 32.2. The van der Waals surface area contributed by atoms with Crippen molar-refractivity contribution in [2.75, 3.05) is 50.5 Å². The number of benzene rings is 2. The van der Waals surface area contributed by atoms with Gasteiger partial charge >= 0.3 is 0 Å². The second-order valence-electron chi connectivity index (χ2n) is 7.98. The first-order chi connectivity index (χ1) is 16.2. The van der Waals surface area contributed by atoms with Crippen molar-refractivity contribution in [2.45, 2.75) is 24.7 Å². The van der Waals surface area contributed by atoms with Crippen molar-refractivity contribution in [1.82, 2.24) is 9.21 Å². The van der Waals surface area contributed by atoms with Gasteiger partial charge in [-0.05, 0) is 63.2 Å². The zero-order valence-electron chi connectivity index (χ0n) is 19.2. The van der Waals surface area contributed by atoms with Crippen molar-refractivity contribution >= 4 is 33.2 Å². The average molecular weight is 493 g/mol. The van der Waals surface area contributed by atoms with Crippen LogP contribution in [0.15, 0.2) is 47.4 Å². The molecule has 0 aromatic heterocycles. The molecular weight excluding hydrogens is 463 g/mol. The Hall–Kier alpha value is -3.02. The van der Waals surface area contributed by atoms with Gasteiger partial charge in [-0.1, -0.05) is 6.07 Å². The summed E-state index contributed by atoms with van der Waals surface area (Å²) in [4.78, 5) is 26.2. The van der Waals surface area contributed by atoms with Crippen LogP contribution in [0.1, 0.15) is 19.8 Å². The maximum absolute atomic E-state index is 13.3. The number of carbonyl (C=O) groups excluding carboxylic acids is 2. The van der Waals surface area contributed by atoms with E-state index >= 15 is 0 Å². The van der Waals surface area contributed by atoms with Crippen LogP contribution in [0.4, 0.5) is 15.8 Å². The largest absolute Gasteiger partial charge is 0.492 e. The minimum absolute atomic E-state index is 0.0110. The number of likely N-dealkylation sites (N-methyl/N-ethyl adjacent to an activating group) is 1. The standard InChI is InChI=1S/C23H29FN4O5S/c1-3-33-20-10-9-19(14-21(20)34(31,32)28-11-4-5-12-28)26-23(30)16-27(2)15-22(29)25-18-8-6-7-17(24)13-18/h6-10,13-14H,3-5,11-12,15-16H2,1-2H3,(H,25,29)(H,26,30). The molecule has 0 spiro atoms. The molecule has 0 atom stereocenters. The van der Waals surface area contributed by atoms with Gasteiger partial charge in [0.25, 0.3) is 0 Å². The lowest BCUT2D eigenvalue weighted by Crippen LogP contribution is -2.36. The van der Waals surface area contributed by atoms with Crippen LogP contribution in [0.3, 0.4) is 0 Å². The number of sulfonamides is 1. The third-order valence-electron chi connectivity index (χ3n) is 5.15. The van der Waals surface area contributed by atoms with E-state index in [1.165, 1.54) is 39.5 Å². The van der Waals surface area contributed by atoms with Crippen LogP contribution >= 0.6 is 0 Å². The maximum Gasteiger partial charge on any atom is 0.246 e. The normalized spacial score (nSPS) is 14.2. The molecule has 2 amide bonds. The fourth-order valence-corrected chi connectivity index (χ4v) is 5.32. The summed E-state index contributed by atoms with van der Waals surface area (Å²) in [5.74, 6) is -1.05. The van der Waals surface area contributed by atoms with Crippen molar-refractivity contribution in [3.63, 3.8) is 0 Å². The van der Waals surface area contributed by atoms with Crippen LogP contribution in [0.25, 0.3) is 0 Å². The summed E-state index contributed by atoms with van der Waals surface area (Å²) in [6, 6.07) is 10.0. The minimum Gasteiger partial charge on any atom is -0.492 e. The lowest BCUT2D eigenvalue weighted by atomic mass is 10.3. The summed E-state index contributed by atoms with van der Waals surface area (Å²) in [6.45, 7) is 2.76.